The van der Waals surface area contributed by atoms with Crippen LogP contribution in [0.15, 0.2) is 0 Å². The Bertz CT molecular complexity index is 234. The van der Waals surface area contributed by atoms with Crippen LogP contribution < -0.4 is 10.5 Å². The van der Waals surface area contributed by atoms with E-state index in [1.54, 1.807) is 0 Å². The van der Waals surface area contributed by atoms with Gasteiger partial charge < -0.3 is 10.4 Å². The zero-order chi connectivity index (χ0) is 9.19. The summed E-state index contributed by atoms with van der Waals surface area (Å²) >= 11 is 0. The second-order valence-corrected chi connectivity index (χ2v) is 4.28. The summed E-state index contributed by atoms with van der Waals surface area (Å²) in [6, 6.07) is 0.135. The molecule has 0 aromatic carbocycles. The number of rotatable bonds is 4. The van der Waals surface area contributed by atoms with Crippen LogP contribution >= 0.6 is 0 Å². The highest BCUT2D eigenvalue weighted by Gasteiger charge is 2.32. The third kappa shape index (κ3) is 2.39. The van der Waals surface area contributed by atoms with E-state index >= 15 is 0 Å². The van der Waals surface area contributed by atoms with Gasteiger partial charge >= 0.3 is 0 Å². The van der Waals surface area contributed by atoms with E-state index < -0.39 is 10.2 Å². The normalized spacial score (nSPS) is 20.8. The molecule has 0 saturated carbocycles. The van der Waals surface area contributed by atoms with Gasteiger partial charge in [-0.2, -0.15) is 12.7 Å². The van der Waals surface area contributed by atoms with E-state index in [-0.39, 0.29) is 12.6 Å². The van der Waals surface area contributed by atoms with Gasteiger partial charge in [-0.1, -0.05) is 0 Å². The maximum atomic E-state index is 10.7. The minimum Gasteiger partial charge on any atom is -0.395 e. The van der Waals surface area contributed by atoms with Gasteiger partial charge in [0.2, 0.25) is 0 Å². The van der Waals surface area contributed by atoms with Crippen LogP contribution in [0, 0.1) is 0 Å². The topological polar surface area (TPSA) is 95.7 Å². The van der Waals surface area contributed by atoms with Gasteiger partial charge in [-0.3, -0.25) is 0 Å². The lowest BCUT2D eigenvalue weighted by atomic mass is 10.2. The smallest absolute Gasteiger partial charge is 0.277 e. The first-order chi connectivity index (χ1) is 5.54. The molecular weight excluding hydrogens is 182 g/mol. The minimum atomic E-state index is -3.49. The number of aliphatic hydroxyl groups excluding tert-OH is 1. The van der Waals surface area contributed by atoms with Gasteiger partial charge in [0, 0.05) is 25.7 Å². The maximum Gasteiger partial charge on any atom is 0.277 e. The van der Waals surface area contributed by atoms with Gasteiger partial charge in [0.05, 0.1) is 6.61 Å². The molecule has 72 valence electrons. The number of nitrogens with zero attached hydrogens (tertiary/aromatic N) is 1. The van der Waals surface area contributed by atoms with Gasteiger partial charge in [0.1, 0.15) is 0 Å². The van der Waals surface area contributed by atoms with E-state index in [9.17, 15) is 8.42 Å². The molecule has 12 heavy (non-hydrogen) atoms. The van der Waals surface area contributed by atoms with Crippen molar-refractivity contribution in [2.45, 2.75) is 6.04 Å². The summed E-state index contributed by atoms with van der Waals surface area (Å²) in [5.41, 5.74) is 0. The maximum absolute atomic E-state index is 10.7. The van der Waals surface area contributed by atoms with E-state index in [0.29, 0.717) is 19.6 Å². The number of hydrogen-bond acceptors (Lipinski definition) is 4. The molecule has 1 fully saturated rings. The Morgan fingerprint density at radius 3 is 2.58 bits per heavy atom. The largest absolute Gasteiger partial charge is 0.395 e. The Morgan fingerprint density at radius 1 is 1.58 bits per heavy atom. The van der Waals surface area contributed by atoms with E-state index in [2.05, 4.69) is 5.32 Å². The molecule has 4 N–H and O–H groups in total. The summed E-state index contributed by atoms with van der Waals surface area (Å²) in [5.74, 6) is 0. The molecule has 1 aliphatic heterocycles. The molecule has 6 nitrogen and oxygen atoms in total. The van der Waals surface area contributed by atoms with Crippen molar-refractivity contribution in [3.63, 3.8) is 0 Å². The molecule has 0 unspecified atom stereocenters. The second-order valence-electron chi connectivity index (χ2n) is 2.74. The van der Waals surface area contributed by atoms with Crippen LogP contribution in [0.4, 0.5) is 0 Å². The summed E-state index contributed by atoms with van der Waals surface area (Å²) in [4.78, 5) is 0. The molecule has 0 aromatic rings. The lowest BCUT2D eigenvalue weighted by Crippen LogP contribution is -2.61. The zero-order valence-electron chi connectivity index (χ0n) is 6.60. The van der Waals surface area contributed by atoms with Gasteiger partial charge in [0.15, 0.2) is 0 Å². The minimum absolute atomic E-state index is 0.0614. The molecular formula is C5H13N3O3S. The molecule has 0 aromatic heterocycles. The van der Waals surface area contributed by atoms with Crippen LogP contribution in [-0.2, 0) is 10.2 Å². The average Bonchev–Trinajstić information content (AvgIpc) is 1.81. The van der Waals surface area contributed by atoms with Crippen LogP contribution in [0.5, 0.6) is 0 Å². The molecule has 0 amide bonds. The molecule has 1 heterocycles. The fourth-order valence-corrected chi connectivity index (χ4v) is 1.82. The fraction of sp³-hybridized carbons (Fsp3) is 1.00. The summed E-state index contributed by atoms with van der Waals surface area (Å²) < 4.78 is 22.5. The first kappa shape index (κ1) is 9.87. The number of aliphatic hydroxyl groups is 1. The van der Waals surface area contributed by atoms with E-state index in [1.165, 1.54) is 4.31 Å². The fourth-order valence-electron chi connectivity index (χ4n) is 1.04. The van der Waals surface area contributed by atoms with Crippen molar-refractivity contribution in [2.75, 3.05) is 26.2 Å². The van der Waals surface area contributed by atoms with Crippen LogP contribution in [0.25, 0.3) is 0 Å². The predicted molar refractivity (Wildman–Crippen MR) is 43.6 cm³/mol. The molecule has 1 aliphatic rings. The zero-order valence-corrected chi connectivity index (χ0v) is 7.42. The van der Waals surface area contributed by atoms with Crippen molar-refractivity contribution in [3.05, 3.63) is 0 Å². The lowest BCUT2D eigenvalue weighted by molar-refractivity contribution is 0.208. The third-order valence-electron chi connectivity index (χ3n) is 1.75. The molecule has 0 bridgehead atoms. The molecule has 0 atom stereocenters. The van der Waals surface area contributed by atoms with Crippen LogP contribution in [0.2, 0.25) is 0 Å². The van der Waals surface area contributed by atoms with E-state index in [4.69, 9.17) is 10.2 Å². The number of hydrogen-bond donors (Lipinski definition) is 3. The van der Waals surface area contributed by atoms with Crippen LogP contribution in [0.1, 0.15) is 0 Å². The Labute approximate surface area is 71.5 Å². The third-order valence-corrected chi connectivity index (χ3v) is 2.77. The molecule has 0 radical (unpaired) electrons. The molecule has 7 heteroatoms. The highest BCUT2D eigenvalue weighted by atomic mass is 32.2. The van der Waals surface area contributed by atoms with Crippen LogP contribution in [0.3, 0.4) is 0 Å². The monoisotopic (exact) mass is 195 g/mol. The standard InChI is InChI=1S/C5H13N3O3S/c6-12(10,11)8-3-5(4-8)7-1-2-9/h5,7,9H,1-4H2,(H2,6,10,11). The number of nitrogens with one attached hydrogen (secondary N) is 1. The highest BCUT2D eigenvalue weighted by molar-refractivity contribution is 7.86. The van der Waals surface area contributed by atoms with Gasteiger partial charge in [-0.25, -0.2) is 5.14 Å². The van der Waals surface area contributed by atoms with Crippen molar-refractivity contribution in [1.82, 2.24) is 9.62 Å². The summed E-state index contributed by atoms with van der Waals surface area (Å²) in [7, 11) is -3.49. The first-order valence-corrected chi connectivity index (χ1v) is 5.16. The van der Waals surface area contributed by atoms with Crippen molar-refractivity contribution >= 4 is 10.2 Å². The van der Waals surface area contributed by atoms with E-state index in [1.807, 2.05) is 0 Å². The van der Waals surface area contributed by atoms with Gasteiger partial charge in [-0.05, 0) is 0 Å². The van der Waals surface area contributed by atoms with Gasteiger partial charge in [-0.15, -0.1) is 0 Å². The Morgan fingerprint density at radius 2 is 2.17 bits per heavy atom. The molecule has 0 spiro atoms. The quantitative estimate of drug-likeness (QED) is 0.460. The summed E-state index contributed by atoms with van der Waals surface area (Å²) in [5, 5.41) is 16.3. The number of nitrogens with two attached hydrogens (primary N) is 1. The van der Waals surface area contributed by atoms with Crippen LogP contribution in [-0.4, -0.2) is 50.1 Å². The van der Waals surface area contributed by atoms with Crippen molar-refractivity contribution in [3.8, 4) is 0 Å². The average molecular weight is 195 g/mol. The van der Waals surface area contributed by atoms with Crippen molar-refractivity contribution < 1.29 is 13.5 Å². The Hall–Kier alpha value is -0.210. The summed E-state index contributed by atoms with van der Waals surface area (Å²) in [6.45, 7) is 1.35. The van der Waals surface area contributed by atoms with Gasteiger partial charge in [0.25, 0.3) is 10.2 Å². The summed E-state index contributed by atoms with van der Waals surface area (Å²) in [6.07, 6.45) is 0. The first-order valence-electron chi connectivity index (χ1n) is 3.66. The predicted octanol–water partition coefficient (Wildman–Crippen LogP) is -2.54. The Balaban J connectivity index is 2.20. The molecule has 1 rings (SSSR count). The SMILES string of the molecule is NS(=O)(=O)N1CC(NCCO)C1. The van der Waals surface area contributed by atoms with E-state index in [0.717, 1.165) is 0 Å². The van der Waals surface area contributed by atoms with Crippen molar-refractivity contribution in [1.29, 1.82) is 0 Å². The Kier molecular flexibility index (Phi) is 3.02. The highest BCUT2D eigenvalue weighted by Crippen LogP contribution is 2.09. The van der Waals surface area contributed by atoms with Crippen molar-refractivity contribution in [2.24, 2.45) is 5.14 Å². The molecule has 0 aliphatic carbocycles. The molecule has 1 saturated heterocycles. The second kappa shape index (κ2) is 3.67. The lowest BCUT2D eigenvalue weighted by Gasteiger charge is -2.37.